The Balaban J connectivity index is 2.56. The number of allylic oxidation sites excluding steroid dienone is 2. The number of aliphatic hydroxyl groups excluding tert-OH is 1. The van der Waals surface area contributed by atoms with Crippen molar-refractivity contribution < 1.29 is 14.6 Å². The highest BCUT2D eigenvalue weighted by Crippen LogP contribution is 2.30. The number of carbonyl (C=O) groups is 1. The predicted molar refractivity (Wildman–Crippen MR) is 106 cm³/mol. The Bertz CT molecular complexity index is 903. The number of para-hydroxylation sites is 1. The van der Waals surface area contributed by atoms with Crippen LogP contribution in [0.4, 0.5) is 11.4 Å². The second kappa shape index (κ2) is 8.59. The smallest absolute Gasteiger partial charge is 0.350 e. The molecule has 4 heteroatoms. The van der Waals surface area contributed by atoms with E-state index in [1.165, 1.54) is 7.11 Å². The van der Waals surface area contributed by atoms with Crippen molar-refractivity contribution in [2.75, 3.05) is 12.4 Å². The minimum Gasteiger partial charge on any atom is -0.506 e. The number of methoxy groups -OCH3 is 1. The molecule has 0 saturated carbocycles. The number of esters is 1. The van der Waals surface area contributed by atoms with E-state index >= 15 is 0 Å². The van der Waals surface area contributed by atoms with E-state index in [1.54, 1.807) is 6.07 Å². The molecular formula is C22H21NO3. The minimum atomic E-state index is -0.749. The zero-order valence-electron chi connectivity index (χ0n) is 15.0. The van der Waals surface area contributed by atoms with E-state index in [4.69, 9.17) is 6.42 Å². The van der Waals surface area contributed by atoms with E-state index in [2.05, 4.69) is 16.0 Å². The van der Waals surface area contributed by atoms with Gasteiger partial charge in [-0.05, 0) is 55.3 Å². The molecule has 0 bridgehead atoms. The van der Waals surface area contributed by atoms with Gasteiger partial charge in [0.2, 0.25) is 0 Å². The summed E-state index contributed by atoms with van der Waals surface area (Å²) in [5.41, 5.74) is 3.76. The van der Waals surface area contributed by atoms with Gasteiger partial charge in [0.05, 0.1) is 7.11 Å². The van der Waals surface area contributed by atoms with E-state index in [0.29, 0.717) is 5.56 Å². The van der Waals surface area contributed by atoms with Crippen LogP contribution in [0.5, 0.6) is 0 Å². The van der Waals surface area contributed by atoms with Gasteiger partial charge in [-0.25, -0.2) is 4.79 Å². The maximum absolute atomic E-state index is 11.8. The fourth-order valence-corrected chi connectivity index (χ4v) is 2.46. The van der Waals surface area contributed by atoms with Crippen molar-refractivity contribution in [3.8, 4) is 12.3 Å². The molecule has 0 unspecified atom stereocenters. The fourth-order valence-electron chi connectivity index (χ4n) is 2.46. The molecule has 0 atom stereocenters. The number of anilines is 2. The average Bonchev–Trinajstić information content (AvgIpc) is 2.68. The van der Waals surface area contributed by atoms with E-state index in [-0.39, 0.29) is 11.3 Å². The summed E-state index contributed by atoms with van der Waals surface area (Å²) in [6, 6.07) is 15.2. The second-order valence-corrected chi connectivity index (χ2v) is 5.58. The number of terminal acetylenes is 1. The maximum atomic E-state index is 11.8. The van der Waals surface area contributed by atoms with Crippen molar-refractivity contribution in [2.45, 2.75) is 13.8 Å². The van der Waals surface area contributed by atoms with Crippen molar-refractivity contribution in [1.29, 1.82) is 0 Å². The molecule has 0 amide bonds. The minimum absolute atomic E-state index is 0.207. The Morgan fingerprint density at radius 3 is 2.42 bits per heavy atom. The van der Waals surface area contributed by atoms with Gasteiger partial charge in [-0.2, -0.15) is 0 Å². The summed E-state index contributed by atoms with van der Waals surface area (Å²) in [6.45, 7) is 3.83. The number of carbonyl (C=O) groups excluding carboxylic acids is 1. The van der Waals surface area contributed by atoms with Gasteiger partial charge in [0.25, 0.3) is 0 Å². The van der Waals surface area contributed by atoms with Crippen LogP contribution in [-0.2, 0) is 9.53 Å². The molecule has 2 N–H and O–H groups in total. The highest BCUT2D eigenvalue weighted by molar-refractivity contribution is 6.01. The molecule has 0 saturated heterocycles. The maximum Gasteiger partial charge on any atom is 0.350 e. The van der Waals surface area contributed by atoms with Crippen LogP contribution < -0.4 is 5.32 Å². The van der Waals surface area contributed by atoms with Gasteiger partial charge < -0.3 is 15.2 Å². The molecular weight excluding hydrogens is 326 g/mol. The molecule has 0 aliphatic rings. The number of nitrogens with one attached hydrogen (secondary N) is 1. The molecule has 2 rings (SSSR count). The molecule has 0 spiro atoms. The fraction of sp³-hybridized carbons (Fsp3) is 0.136. The van der Waals surface area contributed by atoms with Crippen LogP contribution in [0.3, 0.4) is 0 Å². The Labute approximate surface area is 153 Å². The van der Waals surface area contributed by atoms with Crippen LogP contribution in [0.1, 0.15) is 25.0 Å². The summed E-state index contributed by atoms with van der Waals surface area (Å²) in [5.74, 6) is 1.18. The SMILES string of the molecule is C#C/C(C(=O)OC)=C(/O)c1ccc(Nc2ccccc2)cc1/C(C)=C\C. The quantitative estimate of drug-likeness (QED) is 0.348. The summed E-state index contributed by atoms with van der Waals surface area (Å²) in [7, 11) is 1.22. The highest BCUT2D eigenvalue weighted by atomic mass is 16.5. The highest BCUT2D eigenvalue weighted by Gasteiger charge is 2.18. The van der Waals surface area contributed by atoms with Crippen LogP contribution in [-0.4, -0.2) is 18.2 Å². The predicted octanol–water partition coefficient (Wildman–Crippen LogP) is 4.93. The molecule has 2 aromatic carbocycles. The number of aliphatic hydroxyl groups is 1. The molecule has 0 aliphatic heterocycles. The molecule has 4 nitrogen and oxygen atoms in total. The summed E-state index contributed by atoms with van der Waals surface area (Å²) in [5, 5.41) is 13.9. The number of ether oxygens (including phenoxy) is 1. The van der Waals surface area contributed by atoms with Crippen molar-refractivity contribution in [3.63, 3.8) is 0 Å². The lowest BCUT2D eigenvalue weighted by molar-refractivity contribution is -0.135. The van der Waals surface area contributed by atoms with Gasteiger partial charge in [0, 0.05) is 16.9 Å². The Kier molecular flexibility index (Phi) is 6.24. The van der Waals surface area contributed by atoms with Gasteiger partial charge in [-0.3, -0.25) is 0 Å². The molecule has 0 fully saturated rings. The average molecular weight is 347 g/mol. The summed E-state index contributed by atoms with van der Waals surface area (Å²) < 4.78 is 4.65. The first-order valence-corrected chi connectivity index (χ1v) is 8.09. The number of benzene rings is 2. The molecule has 0 aliphatic carbocycles. The van der Waals surface area contributed by atoms with Gasteiger partial charge in [0.1, 0.15) is 5.76 Å². The standard InChI is InChI=1S/C22H21NO3/c1-5-15(3)20-14-17(23-16-10-8-7-9-11-16)12-13-19(20)21(24)18(6-2)22(25)26-4/h2,5,7-14,23-24H,1,3-4H3/b15-5-,21-18-. The molecule has 132 valence electrons. The van der Waals surface area contributed by atoms with Crippen molar-refractivity contribution in [1.82, 2.24) is 0 Å². The van der Waals surface area contributed by atoms with Crippen molar-refractivity contribution in [3.05, 3.63) is 71.3 Å². The Morgan fingerprint density at radius 1 is 1.15 bits per heavy atom. The molecule has 0 radical (unpaired) electrons. The summed E-state index contributed by atoms with van der Waals surface area (Å²) >= 11 is 0. The zero-order chi connectivity index (χ0) is 19.1. The summed E-state index contributed by atoms with van der Waals surface area (Å²) in [6.07, 6.45) is 7.31. The van der Waals surface area contributed by atoms with Gasteiger partial charge in [0.15, 0.2) is 5.57 Å². The Hall–Kier alpha value is -3.45. The van der Waals surface area contributed by atoms with Crippen LogP contribution in [0.15, 0.2) is 60.2 Å². The monoisotopic (exact) mass is 347 g/mol. The largest absolute Gasteiger partial charge is 0.506 e. The van der Waals surface area contributed by atoms with E-state index < -0.39 is 5.97 Å². The second-order valence-electron chi connectivity index (χ2n) is 5.58. The van der Waals surface area contributed by atoms with E-state index in [0.717, 1.165) is 22.5 Å². The molecule has 0 heterocycles. The van der Waals surface area contributed by atoms with E-state index in [9.17, 15) is 9.90 Å². The van der Waals surface area contributed by atoms with Crippen LogP contribution in [0.25, 0.3) is 11.3 Å². The third kappa shape index (κ3) is 4.14. The zero-order valence-corrected chi connectivity index (χ0v) is 15.0. The molecule has 26 heavy (non-hydrogen) atoms. The van der Waals surface area contributed by atoms with E-state index in [1.807, 2.05) is 62.4 Å². The van der Waals surface area contributed by atoms with Crippen molar-refractivity contribution in [2.24, 2.45) is 0 Å². The van der Waals surface area contributed by atoms with Crippen molar-refractivity contribution >= 4 is 28.7 Å². The molecule has 0 aromatic heterocycles. The van der Waals surface area contributed by atoms with Crippen LogP contribution in [0, 0.1) is 12.3 Å². The summed E-state index contributed by atoms with van der Waals surface area (Å²) in [4.78, 5) is 11.8. The first kappa shape index (κ1) is 18.9. The normalized spacial score (nSPS) is 12.0. The first-order chi connectivity index (χ1) is 12.5. The topological polar surface area (TPSA) is 58.6 Å². The van der Waals surface area contributed by atoms with Gasteiger partial charge >= 0.3 is 5.97 Å². The van der Waals surface area contributed by atoms with Gasteiger partial charge in [-0.1, -0.05) is 30.2 Å². The lowest BCUT2D eigenvalue weighted by Crippen LogP contribution is -2.07. The van der Waals surface area contributed by atoms with Crippen LogP contribution in [0.2, 0.25) is 0 Å². The van der Waals surface area contributed by atoms with Crippen LogP contribution >= 0.6 is 0 Å². The third-order valence-electron chi connectivity index (χ3n) is 3.97. The lowest BCUT2D eigenvalue weighted by atomic mass is 9.96. The number of hydrogen-bond donors (Lipinski definition) is 2. The lowest BCUT2D eigenvalue weighted by Gasteiger charge is -2.14. The number of hydrogen-bond acceptors (Lipinski definition) is 4. The Morgan fingerprint density at radius 2 is 1.85 bits per heavy atom. The first-order valence-electron chi connectivity index (χ1n) is 8.09. The van der Waals surface area contributed by atoms with Gasteiger partial charge in [-0.15, -0.1) is 6.42 Å². The molecule has 2 aromatic rings. The third-order valence-corrected chi connectivity index (χ3v) is 3.97. The number of rotatable bonds is 5.